The highest BCUT2D eigenvalue weighted by atomic mass is 16.5. The molecule has 0 bridgehead atoms. The van der Waals surface area contributed by atoms with Crippen LogP contribution in [0.2, 0.25) is 0 Å². The van der Waals surface area contributed by atoms with E-state index in [0.29, 0.717) is 13.2 Å². The van der Waals surface area contributed by atoms with Gasteiger partial charge in [0.25, 0.3) is 0 Å². The lowest BCUT2D eigenvalue weighted by atomic mass is 10.2. The lowest BCUT2D eigenvalue weighted by Crippen LogP contribution is -2.45. The minimum absolute atomic E-state index is 0.0130. The highest BCUT2D eigenvalue weighted by Gasteiger charge is 2.22. The molecule has 0 aromatic heterocycles. The van der Waals surface area contributed by atoms with E-state index in [1.165, 1.54) is 0 Å². The van der Waals surface area contributed by atoms with E-state index in [2.05, 4.69) is 10.6 Å². The molecule has 2 atom stereocenters. The molecule has 1 rings (SSSR count). The second-order valence-corrected chi connectivity index (χ2v) is 3.72. The Labute approximate surface area is 85.4 Å². The fraction of sp³-hybridized carbons (Fsp3) is 0.900. The van der Waals surface area contributed by atoms with Crippen LogP contribution in [-0.2, 0) is 9.53 Å². The molecule has 4 heteroatoms. The van der Waals surface area contributed by atoms with Crippen LogP contribution in [0, 0.1) is 0 Å². The van der Waals surface area contributed by atoms with Gasteiger partial charge in [-0.15, -0.1) is 0 Å². The van der Waals surface area contributed by atoms with E-state index >= 15 is 0 Å². The third-order valence-corrected chi connectivity index (χ3v) is 2.34. The third kappa shape index (κ3) is 3.64. The molecule has 0 radical (unpaired) electrons. The molecule has 1 unspecified atom stereocenters. The Morgan fingerprint density at radius 3 is 3.07 bits per heavy atom. The van der Waals surface area contributed by atoms with Crippen molar-refractivity contribution in [1.29, 1.82) is 0 Å². The van der Waals surface area contributed by atoms with Crippen LogP contribution in [-0.4, -0.2) is 37.7 Å². The summed E-state index contributed by atoms with van der Waals surface area (Å²) in [4.78, 5) is 11.6. The van der Waals surface area contributed by atoms with Crippen molar-refractivity contribution in [2.45, 2.75) is 38.8 Å². The molecule has 1 fully saturated rings. The van der Waals surface area contributed by atoms with Crippen molar-refractivity contribution in [2.75, 3.05) is 19.8 Å². The number of carbonyl (C=O) groups is 1. The van der Waals surface area contributed by atoms with Gasteiger partial charge < -0.3 is 15.4 Å². The molecule has 1 heterocycles. The van der Waals surface area contributed by atoms with Crippen molar-refractivity contribution >= 4 is 5.91 Å². The van der Waals surface area contributed by atoms with Gasteiger partial charge in [0, 0.05) is 12.6 Å². The SMILES string of the molecule is CCOCC(C)NC(=O)[C@H]1CCCN1. The third-order valence-electron chi connectivity index (χ3n) is 2.34. The number of nitrogens with one attached hydrogen (secondary N) is 2. The van der Waals surface area contributed by atoms with E-state index in [1.807, 2.05) is 13.8 Å². The van der Waals surface area contributed by atoms with Crippen LogP contribution in [0.25, 0.3) is 0 Å². The van der Waals surface area contributed by atoms with Gasteiger partial charge in [0.05, 0.1) is 12.6 Å². The lowest BCUT2D eigenvalue weighted by molar-refractivity contribution is -0.123. The summed E-state index contributed by atoms with van der Waals surface area (Å²) >= 11 is 0. The summed E-state index contributed by atoms with van der Waals surface area (Å²) in [5.74, 6) is 0.106. The normalized spacial score (nSPS) is 23.4. The zero-order valence-electron chi connectivity index (χ0n) is 9.01. The van der Waals surface area contributed by atoms with Gasteiger partial charge >= 0.3 is 0 Å². The van der Waals surface area contributed by atoms with Crippen molar-refractivity contribution in [3.63, 3.8) is 0 Å². The molecular weight excluding hydrogens is 180 g/mol. The summed E-state index contributed by atoms with van der Waals surface area (Å²) in [7, 11) is 0. The number of amides is 1. The van der Waals surface area contributed by atoms with E-state index in [1.54, 1.807) is 0 Å². The summed E-state index contributed by atoms with van der Waals surface area (Å²) < 4.78 is 5.22. The van der Waals surface area contributed by atoms with E-state index in [4.69, 9.17) is 4.74 Å². The monoisotopic (exact) mass is 200 g/mol. The Morgan fingerprint density at radius 1 is 1.71 bits per heavy atom. The minimum Gasteiger partial charge on any atom is -0.380 e. The van der Waals surface area contributed by atoms with Gasteiger partial charge in [0.15, 0.2) is 0 Å². The number of carbonyl (C=O) groups excluding carboxylic acids is 1. The predicted molar refractivity (Wildman–Crippen MR) is 55.1 cm³/mol. The van der Waals surface area contributed by atoms with Crippen LogP contribution in [0.3, 0.4) is 0 Å². The summed E-state index contributed by atoms with van der Waals surface area (Å²) in [5.41, 5.74) is 0. The number of ether oxygens (including phenoxy) is 1. The van der Waals surface area contributed by atoms with Crippen LogP contribution >= 0.6 is 0 Å². The zero-order valence-corrected chi connectivity index (χ0v) is 9.01. The van der Waals surface area contributed by atoms with E-state index < -0.39 is 0 Å². The van der Waals surface area contributed by atoms with Gasteiger partial charge in [-0.2, -0.15) is 0 Å². The molecular formula is C10H20N2O2. The van der Waals surface area contributed by atoms with Crippen LogP contribution in [0.1, 0.15) is 26.7 Å². The summed E-state index contributed by atoms with van der Waals surface area (Å²) in [6.45, 7) is 6.16. The molecule has 2 N–H and O–H groups in total. The van der Waals surface area contributed by atoms with Gasteiger partial charge in [-0.3, -0.25) is 4.79 Å². The van der Waals surface area contributed by atoms with Crippen LogP contribution in [0.15, 0.2) is 0 Å². The fourth-order valence-electron chi connectivity index (χ4n) is 1.59. The standard InChI is InChI=1S/C10H20N2O2/c1-3-14-7-8(2)12-10(13)9-5-4-6-11-9/h8-9,11H,3-7H2,1-2H3,(H,12,13)/t8?,9-/m1/s1. The molecule has 14 heavy (non-hydrogen) atoms. The van der Waals surface area contributed by atoms with E-state index in [0.717, 1.165) is 19.4 Å². The maximum absolute atomic E-state index is 11.6. The maximum Gasteiger partial charge on any atom is 0.237 e. The Kier molecular flexibility index (Phi) is 4.90. The Bertz CT molecular complexity index is 179. The molecule has 0 saturated carbocycles. The number of hydrogen-bond donors (Lipinski definition) is 2. The number of hydrogen-bond acceptors (Lipinski definition) is 3. The smallest absolute Gasteiger partial charge is 0.237 e. The van der Waals surface area contributed by atoms with Crippen molar-refractivity contribution < 1.29 is 9.53 Å². The van der Waals surface area contributed by atoms with Crippen molar-refractivity contribution in [1.82, 2.24) is 10.6 Å². The molecule has 0 spiro atoms. The van der Waals surface area contributed by atoms with Crippen LogP contribution < -0.4 is 10.6 Å². The first kappa shape index (κ1) is 11.5. The molecule has 1 aliphatic rings. The van der Waals surface area contributed by atoms with Crippen molar-refractivity contribution in [3.8, 4) is 0 Å². The first-order chi connectivity index (χ1) is 6.74. The van der Waals surface area contributed by atoms with Crippen LogP contribution in [0.4, 0.5) is 0 Å². The molecule has 0 aliphatic carbocycles. The van der Waals surface area contributed by atoms with Gasteiger partial charge in [0.1, 0.15) is 0 Å². The minimum atomic E-state index is 0.0130. The molecule has 0 aromatic rings. The predicted octanol–water partition coefficient (Wildman–Crippen LogP) is 0.280. The average Bonchev–Trinajstić information content (AvgIpc) is 2.67. The average molecular weight is 200 g/mol. The molecule has 82 valence electrons. The number of rotatable bonds is 5. The summed E-state index contributed by atoms with van der Waals surface area (Å²) in [6, 6.07) is 0.115. The van der Waals surface area contributed by atoms with E-state index in [-0.39, 0.29) is 18.0 Å². The topological polar surface area (TPSA) is 50.4 Å². The quantitative estimate of drug-likeness (QED) is 0.670. The van der Waals surface area contributed by atoms with Crippen molar-refractivity contribution in [3.05, 3.63) is 0 Å². The summed E-state index contributed by atoms with van der Waals surface area (Å²) in [5, 5.41) is 6.10. The summed E-state index contributed by atoms with van der Waals surface area (Å²) in [6.07, 6.45) is 2.05. The first-order valence-electron chi connectivity index (χ1n) is 5.35. The molecule has 1 aliphatic heterocycles. The Morgan fingerprint density at radius 2 is 2.50 bits per heavy atom. The van der Waals surface area contributed by atoms with Gasteiger partial charge in [0.2, 0.25) is 5.91 Å². The molecule has 4 nitrogen and oxygen atoms in total. The molecule has 1 saturated heterocycles. The van der Waals surface area contributed by atoms with Gasteiger partial charge in [-0.25, -0.2) is 0 Å². The second-order valence-electron chi connectivity index (χ2n) is 3.72. The zero-order chi connectivity index (χ0) is 10.4. The molecule has 0 aromatic carbocycles. The first-order valence-corrected chi connectivity index (χ1v) is 5.35. The maximum atomic E-state index is 11.6. The highest BCUT2D eigenvalue weighted by molar-refractivity contribution is 5.82. The highest BCUT2D eigenvalue weighted by Crippen LogP contribution is 2.04. The Balaban J connectivity index is 2.18. The van der Waals surface area contributed by atoms with Gasteiger partial charge in [-0.05, 0) is 33.2 Å². The van der Waals surface area contributed by atoms with Gasteiger partial charge in [-0.1, -0.05) is 0 Å². The lowest BCUT2D eigenvalue weighted by Gasteiger charge is -2.16. The second kappa shape index (κ2) is 5.98. The Hall–Kier alpha value is -0.610. The fourth-order valence-corrected chi connectivity index (χ4v) is 1.59. The largest absolute Gasteiger partial charge is 0.380 e. The van der Waals surface area contributed by atoms with Crippen LogP contribution in [0.5, 0.6) is 0 Å². The molecule has 1 amide bonds. The van der Waals surface area contributed by atoms with E-state index in [9.17, 15) is 4.79 Å². The van der Waals surface area contributed by atoms with Crippen molar-refractivity contribution in [2.24, 2.45) is 0 Å².